The molecule has 1 fully saturated rings. The zero-order valence-electron chi connectivity index (χ0n) is 11.7. The molecule has 0 atom stereocenters. The molecular formula is C15H19ClN2O2. The molecule has 0 saturated heterocycles. The van der Waals surface area contributed by atoms with Crippen LogP contribution in [0.25, 0.3) is 0 Å². The molecular weight excluding hydrogens is 276 g/mol. The lowest BCUT2D eigenvalue weighted by atomic mass is 10.0. The lowest BCUT2D eigenvalue weighted by Gasteiger charge is -2.17. The molecule has 0 aromatic heterocycles. The molecule has 108 valence electrons. The van der Waals surface area contributed by atoms with Gasteiger partial charge in [-0.05, 0) is 44.4 Å². The van der Waals surface area contributed by atoms with Crippen molar-refractivity contribution in [1.82, 2.24) is 10.6 Å². The van der Waals surface area contributed by atoms with Gasteiger partial charge in [0.05, 0.1) is 0 Å². The summed E-state index contributed by atoms with van der Waals surface area (Å²) in [5.41, 5.74) is 0.110. The van der Waals surface area contributed by atoms with Gasteiger partial charge in [0.15, 0.2) is 0 Å². The van der Waals surface area contributed by atoms with Crippen molar-refractivity contribution >= 4 is 23.4 Å². The molecule has 0 bridgehead atoms. The maximum atomic E-state index is 12.2. The molecule has 5 heteroatoms. The minimum Gasteiger partial charge on any atom is -0.353 e. The Kier molecular flexibility index (Phi) is 4.33. The molecule has 0 heterocycles. The van der Waals surface area contributed by atoms with E-state index in [9.17, 15) is 9.59 Å². The van der Waals surface area contributed by atoms with Crippen LogP contribution in [-0.4, -0.2) is 17.9 Å². The SMILES string of the molecule is CC(C)NC(=O)C1(C(=O)NCc2ccc(Cl)cc2)CC1. The number of hydrogen-bond acceptors (Lipinski definition) is 2. The second-order valence-corrected chi connectivity index (χ2v) is 5.96. The fourth-order valence-corrected chi connectivity index (χ4v) is 2.16. The molecule has 1 aliphatic carbocycles. The van der Waals surface area contributed by atoms with Crippen LogP contribution in [0.15, 0.2) is 24.3 Å². The maximum absolute atomic E-state index is 12.2. The molecule has 2 rings (SSSR count). The van der Waals surface area contributed by atoms with Crippen LogP contribution in [0, 0.1) is 5.41 Å². The third-order valence-corrected chi connectivity index (χ3v) is 3.66. The molecule has 1 aromatic rings. The lowest BCUT2D eigenvalue weighted by Crippen LogP contribution is -2.44. The molecule has 1 aliphatic rings. The first-order valence-corrected chi connectivity index (χ1v) is 7.15. The Bertz CT molecular complexity index is 507. The Morgan fingerprint density at radius 2 is 1.80 bits per heavy atom. The summed E-state index contributed by atoms with van der Waals surface area (Å²) in [6.45, 7) is 4.19. The summed E-state index contributed by atoms with van der Waals surface area (Å²) < 4.78 is 0. The number of amides is 2. The molecule has 0 aliphatic heterocycles. The summed E-state index contributed by atoms with van der Waals surface area (Å²) in [5, 5.41) is 6.31. The van der Waals surface area contributed by atoms with Crippen molar-refractivity contribution in [1.29, 1.82) is 0 Å². The molecule has 0 unspecified atom stereocenters. The van der Waals surface area contributed by atoms with E-state index in [1.54, 1.807) is 12.1 Å². The molecule has 2 amide bonds. The van der Waals surface area contributed by atoms with Crippen molar-refractivity contribution in [2.24, 2.45) is 5.41 Å². The van der Waals surface area contributed by atoms with Crippen LogP contribution in [0.4, 0.5) is 0 Å². The van der Waals surface area contributed by atoms with Crippen LogP contribution in [0.2, 0.25) is 5.02 Å². The Hall–Kier alpha value is -1.55. The topological polar surface area (TPSA) is 58.2 Å². The van der Waals surface area contributed by atoms with E-state index in [0.29, 0.717) is 24.4 Å². The van der Waals surface area contributed by atoms with Crippen molar-refractivity contribution in [2.75, 3.05) is 0 Å². The fourth-order valence-electron chi connectivity index (χ4n) is 2.04. The number of carbonyl (C=O) groups is 2. The third-order valence-electron chi connectivity index (χ3n) is 3.41. The van der Waals surface area contributed by atoms with Gasteiger partial charge in [0, 0.05) is 17.6 Å². The monoisotopic (exact) mass is 294 g/mol. The first-order chi connectivity index (χ1) is 9.44. The van der Waals surface area contributed by atoms with Crippen LogP contribution in [0.1, 0.15) is 32.3 Å². The normalized spacial score (nSPS) is 15.8. The molecule has 0 radical (unpaired) electrons. The highest BCUT2D eigenvalue weighted by Gasteiger charge is 2.56. The first kappa shape index (κ1) is 14.9. The van der Waals surface area contributed by atoms with Gasteiger partial charge < -0.3 is 10.6 Å². The van der Waals surface area contributed by atoms with E-state index in [-0.39, 0.29) is 17.9 Å². The van der Waals surface area contributed by atoms with Gasteiger partial charge in [0.2, 0.25) is 11.8 Å². The quantitative estimate of drug-likeness (QED) is 0.819. The van der Waals surface area contributed by atoms with Crippen molar-refractivity contribution in [3.8, 4) is 0 Å². The highest BCUT2D eigenvalue weighted by molar-refractivity contribution is 6.30. The second-order valence-electron chi connectivity index (χ2n) is 5.52. The standard InChI is InChI=1S/C15H19ClN2O2/c1-10(2)18-14(20)15(7-8-15)13(19)17-9-11-3-5-12(16)6-4-11/h3-6,10H,7-9H2,1-2H3,(H,17,19)(H,18,20). The van der Waals surface area contributed by atoms with Crippen LogP contribution < -0.4 is 10.6 Å². The Morgan fingerprint density at radius 3 is 2.30 bits per heavy atom. The largest absolute Gasteiger partial charge is 0.353 e. The van der Waals surface area contributed by atoms with Gasteiger partial charge in [-0.2, -0.15) is 0 Å². The zero-order chi connectivity index (χ0) is 14.8. The second kappa shape index (κ2) is 5.83. The van der Waals surface area contributed by atoms with Gasteiger partial charge in [-0.25, -0.2) is 0 Å². The highest BCUT2D eigenvalue weighted by atomic mass is 35.5. The van der Waals surface area contributed by atoms with Crippen LogP contribution in [-0.2, 0) is 16.1 Å². The summed E-state index contributed by atoms with van der Waals surface area (Å²) in [5.74, 6) is -0.355. The molecule has 1 aromatic carbocycles. The molecule has 4 nitrogen and oxygen atoms in total. The van der Waals surface area contributed by atoms with Crippen LogP contribution in [0.5, 0.6) is 0 Å². The van der Waals surface area contributed by atoms with E-state index in [1.807, 2.05) is 26.0 Å². The summed E-state index contributed by atoms with van der Waals surface area (Å²) >= 11 is 5.81. The number of rotatable bonds is 5. The first-order valence-electron chi connectivity index (χ1n) is 6.78. The minimum atomic E-state index is -0.851. The molecule has 20 heavy (non-hydrogen) atoms. The Labute approximate surface area is 123 Å². The third kappa shape index (κ3) is 3.31. The van der Waals surface area contributed by atoms with Crippen molar-refractivity contribution < 1.29 is 9.59 Å². The van der Waals surface area contributed by atoms with Crippen molar-refractivity contribution in [3.05, 3.63) is 34.9 Å². The lowest BCUT2D eigenvalue weighted by molar-refractivity contribution is -0.137. The minimum absolute atomic E-state index is 0.0454. The molecule has 2 N–H and O–H groups in total. The average Bonchev–Trinajstić information content (AvgIpc) is 3.18. The fraction of sp³-hybridized carbons (Fsp3) is 0.467. The highest BCUT2D eigenvalue weighted by Crippen LogP contribution is 2.46. The van der Waals surface area contributed by atoms with E-state index < -0.39 is 5.41 Å². The number of halogens is 1. The van der Waals surface area contributed by atoms with Gasteiger partial charge in [-0.1, -0.05) is 23.7 Å². The van der Waals surface area contributed by atoms with Gasteiger partial charge in [0.1, 0.15) is 5.41 Å². The summed E-state index contributed by atoms with van der Waals surface area (Å²) in [7, 11) is 0. The molecule has 1 saturated carbocycles. The van der Waals surface area contributed by atoms with E-state index >= 15 is 0 Å². The molecule has 0 spiro atoms. The number of hydrogen-bond donors (Lipinski definition) is 2. The Balaban J connectivity index is 1.91. The van der Waals surface area contributed by atoms with E-state index in [4.69, 9.17) is 11.6 Å². The van der Waals surface area contributed by atoms with Crippen molar-refractivity contribution in [2.45, 2.75) is 39.3 Å². The predicted molar refractivity (Wildman–Crippen MR) is 78.2 cm³/mol. The predicted octanol–water partition coefficient (Wildman–Crippen LogP) is 2.26. The number of nitrogens with one attached hydrogen (secondary N) is 2. The summed E-state index contributed by atoms with van der Waals surface area (Å²) in [4.78, 5) is 24.2. The van der Waals surface area contributed by atoms with E-state index in [1.165, 1.54) is 0 Å². The van der Waals surface area contributed by atoms with Gasteiger partial charge in [-0.15, -0.1) is 0 Å². The average molecular weight is 295 g/mol. The summed E-state index contributed by atoms with van der Waals surface area (Å²) in [6, 6.07) is 7.32. The summed E-state index contributed by atoms with van der Waals surface area (Å²) in [6.07, 6.45) is 1.25. The van der Waals surface area contributed by atoms with Gasteiger partial charge in [-0.3, -0.25) is 9.59 Å². The smallest absolute Gasteiger partial charge is 0.235 e. The maximum Gasteiger partial charge on any atom is 0.235 e. The number of benzene rings is 1. The van der Waals surface area contributed by atoms with Crippen LogP contribution >= 0.6 is 11.6 Å². The van der Waals surface area contributed by atoms with Gasteiger partial charge in [0.25, 0.3) is 0 Å². The Morgan fingerprint density at radius 1 is 1.20 bits per heavy atom. The number of carbonyl (C=O) groups excluding carboxylic acids is 2. The van der Waals surface area contributed by atoms with E-state index in [0.717, 1.165) is 5.56 Å². The zero-order valence-corrected chi connectivity index (χ0v) is 12.5. The van der Waals surface area contributed by atoms with E-state index in [2.05, 4.69) is 10.6 Å². The van der Waals surface area contributed by atoms with Gasteiger partial charge >= 0.3 is 0 Å². The van der Waals surface area contributed by atoms with Crippen LogP contribution in [0.3, 0.4) is 0 Å². The van der Waals surface area contributed by atoms with Crippen molar-refractivity contribution in [3.63, 3.8) is 0 Å².